The largest absolute Gasteiger partial charge is 0.0687 e. The van der Waals surface area contributed by atoms with Crippen molar-refractivity contribution < 1.29 is 0 Å². The van der Waals surface area contributed by atoms with E-state index in [9.17, 15) is 0 Å². The van der Waals surface area contributed by atoms with Gasteiger partial charge >= 0.3 is 0 Å². The summed E-state index contributed by atoms with van der Waals surface area (Å²) in [6.45, 7) is 10.3. The van der Waals surface area contributed by atoms with Gasteiger partial charge in [0.15, 0.2) is 0 Å². The Balaban J connectivity index is 1.36. The summed E-state index contributed by atoms with van der Waals surface area (Å²) in [6, 6.07) is 24.1. The highest BCUT2D eigenvalue weighted by Crippen LogP contribution is 2.58. The molecule has 0 aromatic heterocycles. The average molecular weight is 531 g/mol. The van der Waals surface area contributed by atoms with Gasteiger partial charge in [0.2, 0.25) is 0 Å². The second-order valence-corrected chi connectivity index (χ2v) is 18.7. The first kappa shape index (κ1) is 29.6. The molecular formula is C37H58Si. The summed E-state index contributed by atoms with van der Waals surface area (Å²) in [5, 5.41) is 0. The Morgan fingerprint density at radius 3 is 1.53 bits per heavy atom. The van der Waals surface area contributed by atoms with E-state index in [2.05, 4.69) is 88.0 Å². The van der Waals surface area contributed by atoms with Crippen LogP contribution in [0, 0.1) is 11.8 Å². The molecule has 0 amide bonds. The second-order valence-electron chi connectivity index (χ2n) is 13.7. The topological polar surface area (TPSA) is 0 Å². The van der Waals surface area contributed by atoms with E-state index in [1.807, 2.05) is 0 Å². The maximum atomic E-state index is 2.92. The van der Waals surface area contributed by atoms with Crippen LogP contribution in [0.25, 0.3) is 0 Å². The molecule has 2 aromatic rings. The Hall–Kier alpha value is -1.34. The van der Waals surface area contributed by atoms with Gasteiger partial charge in [-0.2, -0.15) is 0 Å². The minimum absolute atomic E-state index is 0.706. The molecule has 0 heterocycles. The molecule has 2 aromatic carbocycles. The van der Waals surface area contributed by atoms with Crippen molar-refractivity contribution in [1.82, 2.24) is 0 Å². The number of benzene rings is 2. The number of unbranched alkanes of at least 4 members (excludes halogenated alkanes) is 1. The molecule has 0 aliphatic heterocycles. The highest BCUT2D eigenvalue weighted by molar-refractivity contribution is 6.81. The molecule has 0 N–H and O–H groups in total. The van der Waals surface area contributed by atoms with Crippen molar-refractivity contribution in [2.75, 3.05) is 0 Å². The maximum absolute atomic E-state index is 2.92. The van der Waals surface area contributed by atoms with Crippen LogP contribution in [0.1, 0.15) is 134 Å². The van der Waals surface area contributed by atoms with E-state index in [0.29, 0.717) is 11.8 Å². The van der Waals surface area contributed by atoms with Crippen LogP contribution in [0.3, 0.4) is 0 Å². The van der Waals surface area contributed by atoms with Crippen LogP contribution in [0.5, 0.6) is 0 Å². The van der Waals surface area contributed by atoms with Crippen LogP contribution < -0.4 is 0 Å². The van der Waals surface area contributed by atoms with Gasteiger partial charge in [-0.3, -0.25) is 0 Å². The molecule has 2 saturated carbocycles. The molecule has 0 nitrogen and oxygen atoms in total. The zero-order valence-electron chi connectivity index (χ0n) is 25.3. The van der Waals surface area contributed by atoms with Crippen LogP contribution in [-0.2, 0) is 0 Å². The van der Waals surface area contributed by atoms with Gasteiger partial charge < -0.3 is 0 Å². The van der Waals surface area contributed by atoms with Gasteiger partial charge in [-0.05, 0) is 58.7 Å². The summed E-state index contributed by atoms with van der Waals surface area (Å²) in [5.41, 5.74) is 5.28. The fourth-order valence-corrected chi connectivity index (χ4v) is 15.9. The molecule has 0 radical (unpaired) electrons. The standard InChI is InChI=1S/C37H58Si/c1-5-6-29-38(4,36-27-15-25-34(36)23-13-17-30(2)32-19-9-7-10-20-32)37-28-16-26-35(37)24-14-18-31(3)33-21-11-8-12-22-33/h7-12,19-22,30-31,34-37H,5-6,13-18,23-29H2,1-4H3. The lowest BCUT2D eigenvalue weighted by Crippen LogP contribution is -2.44. The third kappa shape index (κ3) is 7.65. The van der Waals surface area contributed by atoms with Crippen molar-refractivity contribution >= 4 is 8.07 Å². The molecule has 6 unspecified atom stereocenters. The van der Waals surface area contributed by atoms with E-state index < -0.39 is 8.07 Å². The van der Waals surface area contributed by atoms with E-state index in [-0.39, 0.29) is 0 Å². The van der Waals surface area contributed by atoms with Crippen molar-refractivity contribution in [1.29, 1.82) is 0 Å². The van der Waals surface area contributed by atoms with Crippen LogP contribution in [0.2, 0.25) is 23.7 Å². The number of hydrogen-bond donors (Lipinski definition) is 0. The summed E-state index contributed by atoms with van der Waals surface area (Å²) in [7, 11) is -1.31. The monoisotopic (exact) mass is 530 g/mol. The molecule has 2 aliphatic rings. The van der Waals surface area contributed by atoms with Gasteiger partial charge in [-0.15, -0.1) is 0 Å². The predicted molar refractivity (Wildman–Crippen MR) is 171 cm³/mol. The van der Waals surface area contributed by atoms with Crippen molar-refractivity contribution in [3.63, 3.8) is 0 Å². The van der Waals surface area contributed by atoms with Gasteiger partial charge in [0.1, 0.15) is 0 Å². The molecule has 210 valence electrons. The minimum Gasteiger partial charge on any atom is -0.0687 e. The van der Waals surface area contributed by atoms with Crippen LogP contribution in [-0.4, -0.2) is 8.07 Å². The first-order valence-corrected chi connectivity index (χ1v) is 19.5. The van der Waals surface area contributed by atoms with E-state index in [0.717, 1.165) is 22.9 Å². The zero-order chi connectivity index (χ0) is 26.8. The normalized spacial score (nSPS) is 26.7. The molecule has 38 heavy (non-hydrogen) atoms. The fraction of sp³-hybridized carbons (Fsp3) is 0.676. The summed E-state index contributed by atoms with van der Waals surface area (Å²) in [4.78, 5) is 0. The summed E-state index contributed by atoms with van der Waals surface area (Å²) >= 11 is 0. The Kier molecular flexibility index (Phi) is 11.6. The van der Waals surface area contributed by atoms with Crippen LogP contribution in [0.15, 0.2) is 60.7 Å². The van der Waals surface area contributed by atoms with E-state index >= 15 is 0 Å². The molecular weight excluding hydrogens is 472 g/mol. The fourth-order valence-electron chi connectivity index (χ4n) is 8.97. The summed E-state index contributed by atoms with van der Waals surface area (Å²) in [6.07, 6.45) is 20.7. The Morgan fingerprint density at radius 1 is 0.658 bits per heavy atom. The maximum Gasteiger partial charge on any atom is 0.0572 e. The van der Waals surface area contributed by atoms with E-state index in [1.165, 1.54) is 88.2 Å². The lowest BCUT2D eigenvalue weighted by Gasteiger charge is -2.45. The van der Waals surface area contributed by atoms with Gasteiger partial charge in [-0.1, -0.05) is 171 Å². The predicted octanol–water partition coefficient (Wildman–Crippen LogP) is 12.2. The first-order chi connectivity index (χ1) is 18.5. The molecule has 0 saturated heterocycles. The highest BCUT2D eigenvalue weighted by Gasteiger charge is 2.50. The SMILES string of the molecule is CCCC[Si](C)(C1CCCC1CCCC(C)c1ccccc1)C1CCCC1CCCC(C)c1ccccc1. The van der Waals surface area contributed by atoms with E-state index in [1.54, 1.807) is 18.9 Å². The van der Waals surface area contributed by atoms with E-state index in [4.69, 9.17) is 0 Å². The Bertz CT molecular complexity index is 835. The quantitative estimate of drug-likeness (QED) is 0.201. The molecule has 0 spiro atoms. The molecule has 6 atom stereocenters. The zero-order valence-corrected chi connectivity index (χ0v) is 26.3. The third-order valence-electron chi connectivity index (χ3n) is 11.2. The second kappa shape index (κ2) is 14.9. The van der Waals surface area contributed by atoms with Gasteiger partial charge in [0.05, 0.1) is 8.07 Å². The van der Waals surface area contributed by atoms with Crippen molar-refractivity contribution in [2.45, 2.75) is 146 Å². The van der Waals surface area contributed by atoms with Crippen molar-refractivity contribution in [3.8, 4) is 0 Å². The molecule has 4 rings (SSSR count). The van der Waals surface area contributed by atoms with Gasteiger partial charge in [-0.25, -0.2) is 0 Å². The summed E-state index contributed by atoms with van der Waals surface area (Å²) in [5.74, 6) is 3.48. The van der Waals surface area contributed by atoms with Crippen molar-refractivity contribution in [2.24, 2.45) is 11.8 Å². The lowest BCUT2D eigenvalue weighted by atomic mass is 9.92. The first-order valence-electron chi connectivity index (χ1n) is 16.6. The molecule has 2 fully saturated rings. The Labute approximate surface area is 237 Å². The third-order valence-corrected chi connectivity index (χ3v) is 17.6. The van der Waals surface area contributed by atoms with Crippen LogP contribution >= 0.6 is 0 Å². The molecule has 1 heteroatoms. The minimum atomic E-state index is -1.31. The van der Waals surface area contributed by atoms with Gasteiger partial charge in [0.25, 0.3) is 0 Å². The number of hydrogen-bond acceptors (Lipinski definition) is 0. The molecule has 2 aliphatic carbocycles. The van der Waals surface area contributed by atoms with Crippen molar-refractivity contribution in [3.05, 3.63) is 71.8 Å². The smallest absolute Gasteiger partial charge is 0.0572 e. The Morgan fingerprint density at radius 2 is 1.11 bits per heavy atom. The average Bonchev–Trinajstić information content (AvgIpc) is 3.63. The number of rotatable bonds is 15. The highest BCUT2D eigenvalue weighted by atomic mass is 28.3. The van der Waals surface area contributed by atoms with Crippen LogP contribution in [0.4, 0.5) is 0 Å². The summed E-state index contributed by atoms with van der Waals surface area (Å²) < 4.78 is 0. The molecule has 0 bridgehead atoms. The van der Waals surface area contributed by atoms with Gasteiger partial charge in [0, 0.05) is 0 Å². The lowest BCUT2D eigenvalue weighted by molar-refractivity contribution is 0.424.